The van der Waals surface area contributed by atoms with Crippen molar-refractivity contribution in [1.82, 2.24) is 19.3 Å². The highest BCUT2D eigenvalue weighted by molar-refractivity contribution is 7.87. The fourth-order valence-electron chi connectivity index (χ4n) is 4.50. The van der Waals surface area contributed by atoms with Gasteiger partial charge in [-0.1, -0.05) is 49.6 Å². The Bertz CT molecular complexity index is 1300. The molecule has 6 nitrogen and oxygen atoms in total. The van der Waals surface area contributed by atoms with Crippen molar-refractivity contribution in [3.63, 3.8) is 0 Å². The summed E-state index contributed by atoms with van der Waals surface area (Å²) in [4.78, 5) is 18.1. The van der Waals surface area contributed by atoms with Crippen molar-refractivity contribution < 1.29 is 13.4 Å². The van der Waals surface area contributed by atoms with Crippen molar-refractivity contribution in [3.8, 4) is 11.1 Å². The molecule has 3 aromatic rings. The normalized spacial score (nSPS) is 16.0. The highest BCUT2D eigenvalue weighted by Crippen LogP contribution is 2.38. The first kappa shape index (κ1) is 24.7. The van der Waals surface area contributed by atoms with Crippen molar-refractivity contribution in [2.75, 3.05) is 0 Å². The lowest BCUT2D eigenvalue weighted by atomic mass is 9.84. The molecule has 1 aliphatic carbocycles. The molecular formula is C27H29FN4O2S. The standard InChI is InChI=1S/C27H29FN4O2S/c1-3-5-12-22(9-4-2)35(34)31-27(33)24-18-30-32-25(20-10-7-6-8-11-20)23(17-29-26(24)32)19-13-15-21(28)16-14-19/h3-4,9,12-18,20H,1,5-8,10-11H2,2H3,(H,31,33)/b9-4-,22-12?. The van der Waals surface area contributed by atoms with Crippen LogP contribution in [0.15, 0.2) is 72.4 Å². The van der Waals surface area contributed by atoms with Crippen molar-refractivity contribution in [2.24, 2.45) is 0 Å². The molecule has 2 aromatic heterocycles. The minimum atomic E-state index is -1.74. The van der Waals surface area contributed by atoms with Gasteiger partial charge in [-0.25, -0.2) is 18.1 Å². The van der Waals surface area contributed by atoms with E-state index in [2.05, 4.69) is 21.4 Å². The van der Waals surface area contributed by atoms with E-state index in [1.54, 1.807) is 47.1 Å². The molecule has 2 heterocycles. The molecule has 1 N–H and O–H groups in total. The van der Waals surface area contributed by atoms with Gasteiger partial charge < -0.3 is 0 Å². The van der Waals surface area contributed by atoms with E-state index >= 15 is 0 Å². The van der Waals surface area contributed by atoms with Gasteiger partial charge in [-0.15, -0.1) is 6.58 Å². The summed E-state index contributed by atoms with van der Waals surface area (Å²) in [6, 6.07) is 6.35. The Morgan fingerprint density at radius 1 is 1.23 bits per heavy atom. The topological polar surface area (TPSA) is 76.4 Å². The lowest BCUT2D eigenvalue weighted by molar-refractivity contribution is 0.0984. The molecule has 1 atom stereocenters. The Hall–Kier alpha value is -3.39. The van der Waals surface area contributed by atoms with E-state index in [0.717, 1.165) is 42.5 Å². The number of nitrogens with zero attached hydrogens (tertiary/aromatic N) is 3. The van der Waals surface area contributed by atoms with Crippen molar-refractivity contribution in [1.29, 1.82) is 0 Å². The summed E-state index contributed by atoms with van der Waals surface area (Å²) in [5.74, 6) is -0.557. The van der Waals surface area contributed by atoms with E-state index in [0.29, 0.717) is 17.0 Å². The number of allylic oxidation sites excluding steroid dienone is 4. The monoisotopic (exact) mass is 492 g/mol. The second-order valence-electron chi connectivity index (χ2n) is 8.52. The number of fused-ring (bicyclic) bond motifs is 1. The second kappa shape index (κ2) is 11.4. The van der Waals surface area contributed by atoms with Crippen LogP contribution in [0.5, 0.6) is 0 Å². The van der Waals surface area contributed by atoms with E-state index in [9.17, 15) is 13.4 Å². The minimum absolute atomic E-state index is 0.252. The van der Waals surface area contributed by atoms with Crippen LogP contribution < -0.4 is 4.72 Å². The first-order valence-corrected chi connectivity index (χ1v) is 13.0. The SMILES string of the molecule is C=CCC=C(/C=C\C)S(=O)NC(=O)c1cnn2c(C3CCCCC3)c(-c3ccc(F)cc3)cnc12. The smallest absolute Gasteiger partial charge is 0.268 e. The van der Waals surface area contributed by atoms with Gasteiger partial charge in [-0.3, -0.25) is 9.52 Å². The van der Waals surface area contributed by atoms with Gasteiger partial charge in [0.05, 0.1) is 16.8 Å². The van der Waals surface area contributed by atoms with Gasteiger partial charge >= 0.3 is 0 Å². The number of carbonyl (C=O) groups excluding carboxylic acids is 1. The third-order valence-corrected chi connectivity index (χ3v) is 7.27. The van der Waals surface area contributed by atoms with Crippen LogP contribution in [0.25, 0.3) is 16.8 Å². The minimum Gasteiger partial charge on any atom is -0.268 e. The molecule has 1 unspecified atom stereocenters. The molecule has 0 saturated heterocycles. The van der Waals surface area contributed by atoms with Gasteiger partial charge in [-0.2, -0.15) is 5.10 Å². The molecule has 1 aliphatic rings. The van der Waals surface area contributed by atoms with E-state index in [-0.39, 0.29) is 17.3 Å². The first-order valence-electron chi connectivity index (χ1n) is 11.8. The highest BCUT2D eigenvalue weighted by atomic mass is 32.2. The number of amides is 1. The summed E-state index contributed by atoms with van der Waals surface area (Å²) < 4.78 is 30.7. The number of hydrogen-bond donors (Lipinski definition) is 1. The maximum absolute atomic E-state index is 13.6. The number of nitrogens with one attached hydrogen (secondary N) is 1. The van der Waals surface area contributed by atoms with Crippen LogP contribution in [0.4, 0.5) is 4.39 Å². The molecule has 1 aromatic carbocycles. The Labute approximate surface area is 207 Å². The van der Waals surface area contributed by atoms with Gasteiger partial charge in [-0.05, 0) is 50.0 Å². The molecule has 182 valence electrons. The average Bonchev–Trinajstić information content (AvgIpc) is 3.31. The number of carbonyl (C=O) groups is 1. The van der Waals surface area contributed by atoms with Crippen LogP contribution in [0.1, 0.15) is 67.4 Å². The van der Waals surface area contributed by atoms with Crippen LogP contribution in [0.3, 0.4) is 0 Å². The molecule has 0 aliphatic heterocycles. The zero-order valence-corrected chi connectivity index (χ0v) is 20.6. The van der Waals surface area contributed by atoms with E-state index in [1.165, 1.54) is 24.8 Å². The molecule has 1 fully saturated rings. The van der Waals surface area contributed by atoms with Gasteiger partial charge in [0.15, 0.2) is 16.6 Å². The molecule has 35 heavy (non-hydrogen) atoms. The van der Waals surface area contributed by atoms with Crippen LogP contribution in [0, 0.1) is 5.82 Å². The number of aromatic nitrogens is 3. The molecule has 0 radical (unpaired) electrons. The first-order chi connectivity index (χ1) is 17.0. The number of benzene rings is 1. The molecule has 1 saturated carbocycles. The molecule has 8 heteroatoms. The van der Waals surface area contributed by atoms with E-state index in [1.807, 2.05) is 6.92 Å². The molecular weight excluding hydrogens is 463 g/mol. The Morgan fingerprint density at radius 2 is 1.97 bits per heavy atom. The van der Waals surface area contributed by atoms with Gasteiger partial charge in [0.2, 0.25) is 0 Å². The lowest BCUT2D eigenvalue weighted by Gasteiger charge is -2.25. The maximum atomic E-state index is 13.6. The Balaban J connectivity index is 1.73. The van der Waals surface area contributed by atoms with E-state index < -0.39 is 16.9 Å². The van der Waals surface area contributed by atoms with Gasteiger partial charge in [0.1, 0.15) is 11.4 Å². The number of hydrogen-bond acceptors (Lipinski definition) is 4. The fourth-order valence-corrected chi connectivity index (χ4v) is 5.40. The summed E-state index contributed by atoms with van der Waals surface area (Å²) in [5, 5.41) is 4.54. The quantitative estimate of drug-likeness (QED) is 0.308. The summed E-state index contributed by atoms with van der Waals surface area (Å²) in [6.07, 6.45) is 16.1. The van der Waals surface area contributed by atoms with Crippen molar-refractivity contribution in [3.05, 3.63) is 89.5 Å². The Morgan fingerprint density at radius 3 is 2.66 bits per heavy atom. The Kier molecular flexibility index (Phi) is 8.02. The zero-order chi connectivity index (χ0) is 24.8. The van der Waals surface area contributed by atoms with E-state index in [4.69, 9.17) is 0 Å². The van der Waals surface area contributed by atoms with Crippen molar-refractivity contribution in [2.45, 2.75) is 51.4 Å². The third-order valence-electron chi connectivity index (χ3n) is 6.17. The summed E-state index contributed by atoms with van der Waals surface area (Å²) in [6.45, 7) is 5.50. The summed E-state index contributed by atoms with van der Waals surface area (Å²) in [5.41, 5.74) is 3.37. The summed E-state index contributed by atoms with van der Waals surface area (Å²) >= 11 is 0. The number of rotatable bonds is 8. The molecule has 0 spiro atoms. The average molecular weight is 493 g/mol. The zero-order valence-electron chi connectivity index (χ0n) is 19.7. The van der Waals surface area contributed by atoms with Crippen LogP contribution in [-0.4, -0.2) is 24.7 Å². The van der Waals surface area contributed by atoms with Crippen LogP contribution in [0.2, 0.25) is 0 Å². The van der Waals surface area contributed by atoms with Gasteiger partial charge in [0, 0.05) is 17.7 Å². The largest absolute Gasteiger partial charge is 0.268 e. The lowest BCUT2D eigenvalue weighted by Crippen LogP contribution is -2.26. The maximum Gasteiger partial charge on any atom is 0.268 e. The molecule has 4 rings (SSSR count). The van der Waals surface area contributed by atoms with Crippen LogP contribution in [-0.2, 0) is 11.0 Å². The second-order valence-corrected chi connectivity index (χ2v) is 9.74. The van der Waals surface area contributed by atoms with Gasteiger partial charge in [0.25, 0.3) is 5.91 Å². The van der Waals surface area contributed by atoms with Crippen molar-refractivity contribution >= 4 is 22.5 Å². The van der Waals surface area contributed by atoms with Crippen LogP contribution >= 0.6 is 0 Å². The predicted octanol–water partition coefficient (Wildman–Crippen LogP) is 6.01. The number of halogens is 1. The molecule has 0 bridgehead atoms. The third kappa shape index (κ3) is 5.48. The highest BCUT2D eigenvalue weighted by Gasteiger charge is 2.26. The summed E-state index contributed by atoms with van der Waals surface area (Å²) in [7, 11) is -1.74. The molecule has 1 amide bonds. The predicted molar refractivity (Wildman–Crippen MR) is 138 cm³/mol. The fraction of sp³-hybridized carbons (Fsp3) is 0.296.